The molecule has 3 fully saturated rings. The zero-order valence-electron chi connectivity index (χ0n) is 25.1. The SMILES string of the molecule is COC(=O)[C@@H]1C[C@@H]2CN1C(=O)[C@H](C1CCCC1)CC(=O)O[C@@H]1CCC[C@H]1CC/C=C/Cn1c(nc3cc(Br)ccc3c1=O)O2. The smallest absolute Gasteiger partial charge is 0.328 e. The number of aromatic nitrogens is 2. The molecular weight excluding hydrogens is 630 g/mol. The van der Waals surface area contributed by atoms with Gasteiger partial charge in [-0.15, -0.1) is 0 Å². The van der Waals surface area contributed by atoms with E-state index >= 15 is 0 Å². The van der Waals surface area contributed by atoms with Crippen molar-refractivity contribution in [1.29, 1.82) is 0 Å². The van der Waals surface area contributed by atoms with Crippen LogP contribution < -0.4 is 10.3 Å². The van der Waals surface area contributed by atoms with E-state index in [1.807, 2.05) is 12.1 Å². The van der Waals surface area contributed by atoms with Crippen molar-refractivity contribution in [3.63, 3.8) is 0 Å². The normalized spacial score (nSPS) is 29.3. The van der Waals surface area contributed by atoms with Gasteiger partial charge in [-0.3, -0.25) is 19.0 Å². The summed E-state index contributed by atoms with van der Waals surface area (Å²) >= 11 is 3.46. The molecule has 236 valence electrons. The highest BCUT2D eigenvalue weighted by molar-refractivity contribution is 9.10. The number of methoxy groups -OCH3 is 1. The predicted octanol–water partition coefficient (Wildman–Crippen LogP) is 4.94. The van der Waals surface area contributed by atoms with Gasteiger partial charge in [0.05, 0.1) is 36.9 Å². The Morgan fingerprint density at radius 1 is 1.00 bits per heavy atom. The fourth-order valence-corrected chi connectivity index (χ4v) is 7.93. The first-order chi connectivity index (χ1) is 21.3. The van der Waals surface area contributed by atoms with Crippen molar-refractivity contribution in [3.05, 3.63) is 45.2 Å². The number of nitrogens with zero attached hydrogens (tertiary/aromatic N) is 3. The fourth-order valence-electron chi connectivity index (χ4n) is 7.58. The van der Waals surface area contributed by atoms with Gasteiger partial charge in [0.2, 0.25) is 5.91 Å². The third-order valence-corrected chi connectivity index (χ3v) is 10.4. The van der Waals surface area contributed by atoms with Gasteiger partial charge in [-0.25, -0.2) is 4.79 Å². The lowest BCUT2D eigenvalue weighted by Crippen LogP contribution is -2.46. The van der Waals surface area contributed by atoms with Crippen molar-refractivity contribution in [2.24, 2.45) is 17.8 Å². The number of rotatable bonds is 2. The minimum atomic E-state index is -0.867. The van der Waals surface area contributed by atoms with Crippen LogP contribution in [0.25, 0.3) is 10.9 Å². The summed E-state index contributed by atoms with van der Waals surface area (Å²) in [7, 11) is 1.30. The second-order valence-electron chi connectivity index (χ2n) is 12.6. The van der Waals surface area contributed by atoms with Crippen LogP contribution in [0, 0.1) is 17.8 Å². The molecule has 0 unspecified atom stereocenters. The van der Waals surface area contributed by atoms with E-state index in [4.69, 9.17) is 19.2 Å². The summed E-state index contributed by atoms with van der Waals surface area (Å²) in [6.45, 7) is 0.375. The maximum atomic E-state index is 14.3. The molecule has 0 N–H and O–H groups in total. The van der Waals surface area contributed by atoms with Crippen LogP contribution >= 0.6 is 15.9 Å². The molecule has 5 atom stereocenters. The monoisotopic (exact) mass is 669 g/mol. The van der Waals surface area contributed by atoms with Crippen molar-refractivity contribution in [1.82, 2.24) is 14.5 Å². The lowest BCUT2D eigenvalue weighted by atomic mass is 9.86. The van der Waals surface area contributed by atoms with E-state index in [2.05, 4.69) is 22.0 Å². The summed E-state index contributed by atoms with van der Waals surface area (Å²) in [5.41, 5.74) is 0.264. The van der Waals surface area contributed by atoms with Crippen LogP contribution in [0.2, 0.25) is 0 Å². The molecule has 2 aliphatic carbocycles. The fraction of sp³-hybridized carbons (Fsp3) is 0.606. The molecule has 1 aromatic carbocycles. The van der Waals surface area contributed by atoms with E-state index in [1.165, 1.54) is 16.6 Å². The Kier molecular flexibility index (Phi) is 9.40. The van der Waals surface area contributed by atoms with Crippen LogP contribution in [0.4, 0.5) is 0 Å². The van der Waals surface area contributed by atoms with Gasteiger partial charge in [0.15, 0.2) is 0 Å². The Bertz CT molecular complexity index is 1500. The number of carbonyl (C=O) groups is 3. The molecule has 1 aromatic heterocycles. The van der Waals surface area contributed by atoms with E-state index in [1.54, 1.807) is 12.1 Å². The second-order valence-corrected chi connectivity index (χ2v) is 13.5. The van der Waals surface area contributed by atoms with Crippen molar-refractivity contribution in [3.8, 4) is 6.01 Å². The average molecular weight is 671 g/mol. The van der Waals surface area contributed by atoms with E-state index in [-0.39, 0.29) is 67.3 Å². The number of amides is 1. The molecule has 1 saturated heterocycles. The molecule has 1 amide bonds. The molecule has 6 rings (SSSR count). The molecule has 2 saturated carbocycles. The van der Waals surface area contributed by atoms with E-state index in [9.17, 15) is 19.2 Å². The maximum absolute atomic E-state index is 14.3. The molecule has 2 aliphatic heterocycles. The average Bonchev–Trinajstić information content (AvgIpc) is 3.78. The van der Waals surface area contributed by atoms with Gasteiger partial charge in [-0.1, -0.05) is 40.9 Å². The summed E-state index contributed by atoms with van der Waals surface area (Å²) < 4.78 is 19.8. The molecular formula is C33H40BrN3O7. The first kappa shape index (κ1) is 30.8. The van der Waals surface area contributed by atoms with Crippen molar-refractivity contribution >= 4 is 44.7 Å². The van der Waals surface area contributed by atoms with Gasteiger partial charge in [0, 0.05) is 17.4 Å². The zero-order valence-corrected chi connectivity index (χ0v) is 26.7. The van der Waals surface area contributed by atoms with Crippen LogP contribution in [0.15, 0.2) is 39.6 Å². The third-order valence-electron chi connectivity index (χ3n) is 9.88. The summed E-state index contributed by atoms with van der Waals surface area (Å²) in [5.74, 6) is -1.38. The number of benzene rings is 1. The summed E-state index contributed by atoms with van der Waals surface area (Å²) in [6.07, 6.45) is 11.7. The van der Waals surface area contributed by atoms with Gasteiger partial charge in [0.25, 0.3) is 11.6 Å². The van der Waals surface area contributed by atoms with Crippen LogP contribution in [-0.4, -0.2) is 64.2 Å². The largest absolute Gasteiger partial charge is 0.467 e. The number of hydrogen-bond donors (Lipinski definition) is 0. The van der Waals surface area contributed by atoms with Crippen molar-refractivity contribution < 1.29 is 28.6 Å². The van der Waals surface area contributed by atoms with Gasteiger partial charge < -0.3 is 19.1 Å². The topological polar surface area (TPSA) is 117 Å². The van der Waals surface area contributed by atoms with Crippen molar-refractivity contribution in [2.75, 3.05) is 13.7 Å². The summed E-state index contributed by atoms with van der Waals surface area (Å²) in [6, 6.07) is 4.59. The molecule has 2 bridgehead atoms. The van der Waals surface area contributed by atoms with E-state index in [0.717, 1.165) is 62.3 Å². The highest BCUT2D eigenvalue weighted by Gasteiger charge is 2.46. The Morgan fingerprint density at radius 3 is 2.59 bits per heavy atom. The molecule has 2 aromatic rings. The van der Waals surface area contributed by atoms with Crippen LogP contribution in [-0.2, 0) is 30.4 Å². The van der Waals surface area contributed by atoms with Crippen LogP contribution in [0.1, 0.15) is 70.6 Å². The summed E-state index contributed by atoms with van der Waals surface area (Å²) in [5, 5.41) is 0.474. The number of halogens is 1. The van der Waals surface area contributed by atoms with E-state index < -0.39 is 24.0 Å². The standard InChI is InChI=1S/C33H40BrN3O7/c1-42-32(41)27-17-23-19-37(27)31(40)25(20-8-4-5-9-20)18-29(38)44-28-12-7-11-21(28)10-3-2-6-15-36-30(39)24-14-13-22(34)16-26(24)35-33(36)43-23/h2,6,13-14,16,20-21,23,25,27-28H,3-5,7-12,15,17-19H2,1H3/b6-2+/t21-,23-,25+,27+,28-/m1/s1. The highest BCUT2D eigenvalue weighted by Crippen LogP contribution is 2.38. The third kappa shape index (κ3) is 6.43. The zero-order chi connectivity index (χ0) is 30.8. The Morgan fingerprint density at radius 2 is 1.80 bits per heavy atom. The Balaban J connectivity index is 1.38. The van der Waals surface area contributed by atoms with Gasteiger partial charge in [0.1, 0.15) is 18.2 Å². The number of ether oxygens (including phenoxy) is 3. The quantitative estimate of drug-likeness (QED) is 0.326. The minimum Gasteiger partial charge on any atom is -0.467 e. The summed E-state index contributed by atoms with van der Waals surface area (Å²) in [4.78, 5) is 60.5. The number of fused-ring (bicyclic) bond motifs is 5. The van der Waals surface area contributed by atoms with Gasteiger partial charge in [-0.2, -0.15) is 4.98 Å². The molecule has 0 radical (unpaired) electrons. The number of hydrogen-bond acceptors (Lipinski definition) is 8. The van der Waals surface area contributed by atoms with Gasteiger partial charge in [-0.05, 0) is 75.0 Å². The first-order valence-corrected chi connectivity index (χ1v) is 16.7. The molecule has 10 nitrogen and oxygen atoms in total. The first-order valence-electron chi connectivity index (χ1n) is 15.9. The Labute approximate surface area is 265 Å². The maximum Gasteiger partial charge on any atom is 0.328 e. The van der Waals surface area contributed by atoms with Crippen LogP contribution in [0.3, 0.4) is 0 Å². The Hall–Kier alpha value is -3.21. The van der Waals surface area contributed by atoms with Gasteiger partial charge >= 0.3 is 11.9 Å². The van der Waals surface area contributed by atoms with Crippen LogP contribution in [0.5, 0.6) is 6.01 Å². The molecule has 44 heavy (non-hydrogen) atoms. The highest BCUT2D eigenvalue weighted by atomic mass is 79.9. The minimum absolute atomic E-state index is 0.00316. The molecule has 3 heterocycles. The number of allylic oxidation sites excluding steroid dienone is 2. The number of carbonyl (C=O) groups excluding carboxylic acids is 3. The lowest BCUT2D eigenvalue weighted by molar-refractivity contribution is -0.158. The van der Waals surface area contributed by atoms with E-state index in [0.29, 0.717) is 10.9 Å². The van der Waals surface area contributed by atoms with Crippen molar-refractivity contribution in [2.45, 2.75) is 95.4 Å². The lowest BCUT2D eigenvalue weighted by Gasteiger charge is -2.30. The molecule has 4 aliphatic rings. The number of esters is 2. The predicted molar refractivity (Wildman–Crippen MR) is 166 cm³/mol. The second kappa shape index (κ2) is 13.4. The molecule has 0 spiro atoms. The molecule has 11 heteroatoms.